The Bertz CT molecular complexity index is 512. The number of rotatable bonds is 1. The van der Waals surface area contributed by atoms with Gasteiger partial charge in [0.1, 0.15) is 0 Å². The van der Waals surface area contributed by atoms with E-state index < -0.39 is 0 Å². The van der Waals surface area contributed by atoms with Crippen LogP contribution in [0.2, 0.25) is 0 Å². The van der Waals surface area contributed by atoms with E-state index in [9.17, 15) is 0 Å². The zero-order valence-corrected chi connectivity index (χ0v) is 7.44. The molecule has 0 spiro atoms. The van der Waals surface area contributed by atoms with E-state index in [0.29, 0.717) is 5.56 Å². The summed E-state index contributed by atoms with van der Waals surface area (Å²) < 4.78 is 7.40. The molecule has 1 aromatic carbocycles. The number of hydrogen-bond acceptors (Lipinski definition) is 2. The summed E-state index contributed by atoms with van der Waals surface area (Å²) in [4.78, 5) is 3.81. The van der Waals surface area contributed by atoms with E-state index in [-0.39, 0.29) is 6.17 Å². The van der Waals surface area contributed by atoms with Crippen molar-refractivity contribution in [2.45, 2.75) is 0 Å². The molecule has 0 aliphatic carbocycles. The van der Waals surface area contributed by atoms with Gasteiger partial charge in [0.2, 0.25) is 0 Å². The van der Waals surface area contributed by atoms with E-state index in [4.69, 9.17) is 6.63 Å². The van der Waals surface area contributed by atoms with Gasteiger partial charge in [-0.1, -0.05) is 12.1 Å². The quantitative estimate of drug-likeness (QED) is 0.678. The minimum Gasteiger partial charge on any atom is -0.265 e. The van der Waals surface area contributed by atoms with Gasteiger partial charge < -0.3 is 0 Å². The fraction of sp³-hybridized carbons (Fsp3) is 0. The first-order valence-corrected chi connectivity index (χ1v) is 4.23. The van der Waals surface area contributed by atoms with Crippen molar-refractivity contribution in [2.75, 3.05) is 0 Å². The van der Waals surface area contributed by atoms with E-state index in [1.165, 1.54) is 0 Å². The molecule has 66 valence electrons. The first kappa shape index (κ1) is 7.28. The SMILES string of the molecule is [2H]c1cc(-c2ccc(C#N)cc2)ccn1. The zero-order valence-electron chi connectivity index (χ0n) is 8.44. The van der Waals surface area contributed by atoms with Crippen molar-refractivity contribution in [3.8, 4) is 17.2 Å². The van der Waals surface area contributed by atoms with Crippen molar-refractivity contribution in [2.24, 2.45) is 0 Å². The lowest BCUT2D eigenvalue weighted by atomic mass is 10.1. The van der Waals surface area contributed by atoms with Gasteiger partial charge in [-0.2, -0.15) is 5.26 Å². The van der Waals surface area contributed by atoms with Crippen molar-refractivity contribution < 1.29 is 1.37 Å². The third-order valence-electron chi connectivity index (χ3n) is 1.97. The molecular weight excluding hydrogens is 172 g/mol. The lowest BCUT2D eigenvalue weighted by molar-refractivity contribution is 1.33. The van der Waals surface area contributed by atoms with Crippen LogP contribution >= 0.6 is 0 Å². The van der Waals surface area contributed by atoms with Crippen LogP contribution in [0.1, 0.15) is 6.93 Å². The Labute approximate surface area is 83.9 Å². The number of hydrogen-bond donors (Lipinski definition) is 0. The molecule has 0 N–H and O–H groups in total. The molecule has 0 fully saturated rings. The molecular formula is C12H8N2. The minimum atomic E-state index is 0.247. The van der Waals surface area contributed by atoms with E-state index in [2.05, 4.69) is 11.1 Å². The molecule has 0 unspecified atom stereocenters. The molecule has 0 saturated carbocycles. The van der Waals surface area contributed by atoms with Gasteiger partial charge in [0.05, 0.1) is 13.0 Å². The smallest absolute Gasteiger partial charge is 0.0991 e. The molecule has 2 heteroatoms. The molecule has 1 heterocycles. The van der Waals surface area contributed by atoms with Gasteiger partial charge in [0.15, 0.2) is 0 Å². The van der Waals surface area contributed by atoms with E-state index in [1.54, 1.807) is 24.4 Å². The van der Waals surface area contributed by atoms with Crippen molar-refractivity contribution in [3.05, 3.63) is 54.3 Å². The van der Waals surface area contributed by atoms with Crippen molar-refractivity contribution in [3.63, 3.8) is 0 Å². The highest BCUT2D eigenvalue weighted by atomic mass is 14.6. The van der Waals surface area contributed by atoms with Gasteiger partial charge in [-0.3, -0.25) is 4.98 Å². The molecule has 2 aromatic rings. The van der Waals surface area contributed by atoms with Gasteiger partial charge in [0, 0.05) is 12.4 Å². The van der Waals surface area contributed by atoms with Gasteiger partial charge in [-0.15, -0.1) is 0 Å². The maximum atomic E-state index is 8.65. The summed E-state index contributed by atoms with van der Waals surface area (Å²) in [6.45, 7) is 0. The van der Waals surface area contributed by atoms with Crippen molar-refractivity contribution in [1.82, 2.24) is 4.98 Å². The van der Waals surface area contributed by atoms with E-state index in [0.717, 1.165) is 11.1 Å². The third kappa shape index (κ3) is 1.62. The summed E-state index contributed by atoms with van der Waals surface area (Å²) in [5.41, 5.74) is 2.57. The van der Waals surface area contributed by atoms with Crippen LogP contribution in [-0.4, -0.2) is 4.98 Å². The van der Waals surface area contributed by atoms with Crippen LogP contribution in [0.5, 0.6) is 0 Å². The van der Waals surface area contributed by atoms with Crippen molar-refractivity contribution >= 4 is 0 Å². The van der Waals surface area contributed by atoms with Crippen molar-refractivity contribution in [1.29, 1.82) is 5.26 Å². The molecule has 0 aliphatic rings. The number of nitrogens with zero attached hydrogens (tertiary/aromatic N) is 2. The summed E-state index contributed by atoms with van der Waals surface area (Å²) >= 11 is 0. The Morgan fingerprint density at radius 2 is 1.79 bits per heavy atom. The summed E-state index contributed by atoms with van der Waals surface area (Å²) in [6.07, 6.45) is 1.85. The normalized spacial score (nSPS) is 10.4. The van der Waals surface area contributed by atoms with Gasteiger partial charge in [-0.25, -0.2) is 0 Å². The molecule has 1 aromatic heterocycles. The van der Waals surface area contributed by atoms with Crippen LogP contribution in [0.15, 0.2) is 48.8 Å². The van der Waals surface area contributed by atoms with Gasteiger partial charge in [-0.05, 0) is 35.4 Å². The third-order valence-corrected chi connectivity index (χ3v) is 1.97. The molecule has 0 amide bonds. The summed E-state index contributed by atoms with van der Waals surface area (Å²) in [5.74, 6) is 0. The fourth-order valence-corrected chi connectivity index (χ4v) is 1.23. The maximum absolute atomic E-state index is 8.65. The molecule has 0 aliphatic heterocycles. The Hall–Kier alpha value is -2.14. The Morgan fingerprint density at radius 3 is 2.43 bits per heavy atom. The first-order chi connectivity index (χ1) is 7.29. The number of nitriles is 1. The number of aromatic nitrogens is 1. The highest BCUT2D eigenvalue weighted by molar-refractivity contribution is 5.63. The molecule has 14 heavy (non-hydrogen) atoms. The second-order valence-electron chi connectivity index (χ2n) is 2.86. The van der Waals surface area contributed by atoms with E-state index in [1.807, 2.05) is 18.2 Å². The Kier molecular flexibility index (Phi) is 1.93. The van der Waals surface area contributed by atoms with Crippen LogP contribution in [0, 0.1) is 11.3 Å². The molecule has 2 nitrogen and oxygen atoms in total. The molecule has 2 rings (SSSR count). The minimum absolute atomic E-state index is 0.247. The van der Waals surface area contributed by atoms with Crippen LogP contribution < -0.4 is 0 Å². The van der Waals surface area contributed by atoms with Gasteiger partial charge >= 0.3 is 0 Å². The molecule has 0 saturated heterocycles. The van der Waals surface area contributed by atoms with Crippen LogP contribution in [0.4, 0.5) is 0 Å². The Morgan fingerprint density at radius 1 is 1.07 bits per heavy atom. The number of pyridine rings is 1. The fourth-order valence-electron chi connectivity index (χ4n) is 1.23. The topological polar surface area (TPSA) is 36.7 Å². The largest absolute Gasteiger partial charge is 0.265 e. The number of benzene rings is 1. The highest BCUT2D eigenvalue weighted by Crippen LogP contribution is 2.18. The lowest BCUT2D eigenvalue weighted by Gasteiger charge is -1.99. The first-order valence-electron chi connectivity index (χ1n) is 4.73. The molecule has 0 bridgehead atoms. The second-order valence-corrected chi connectivity index (χ2v) is 2.86. The zero-order chi connectivity index (χ0) is 10.7. The van der Waals surface area contributed by atoms with Crippen LogP contribution in [0.25, 0.3) is 11.1 Å². The summed E-state index contributed by atoms with van der Waals surface area (Å²) in [6, 6.07) is 12.9. The highest BCUT2D eigenvalue weighted by Gasteiger charge is 1.95. The van der Waals surface area contributed by atoms with Crippen LogP contribution in [0.3, 0.4) is 0 Å². The average molecular weight is 181 g/mol. The van der Waals surface area contributed by atoms with E-state index >= 15 is 0 Å². The van der Waals surface area contributed by atoms with Crippen LogP contribution in [-0.2, 0) is 0 Å². The van der Waals surface area contributed by atoms with Gasteiger partial charge in [0.25, 0.3) is 0 Å². The molecule has 0 radical (unpaired) electrons. The lowest BCUT2D eigenvalue weighted by Crippen LogP contribution is -1.79. The predicted octanol–water partition coefficient (Wildman–Crippen LogP) is 2.62. The average Bonchev–Trinajstić information content (AvgIpc) is 2.29. The molecule has 0 atom stereocenters. The standard InChI is InChI=1S/C12H8N2/c13-9-10-1-3-11(4-2-10)12-5-7-14-8-6-12/h1-8H/i7D. The summed E-state index contributed by atoms with van der Waals surface area (Å²) in [7, 11) is 0. The Balaban J connectivity index is 2.42. The predicted molar refractivity (Wildman–Crippen MR) is 54.4 cm³/mol. The monoisotopic (exact) mass is 181 g/mol. The summed E-state index contributed by atoms with van der Waals surface area (Å²) in [5, 5.41) is 8.65. The maximum Gasteiger partial charge on any atom is 0.0991 e. The second kappa shape index (κ2) is 3.71.